The number of nitrogens with one attached hydrogen (secondary N) is 1. The highest BCUT2D eigenvalue weighted by Crippen LogP contribution is 2.32. The molecule has 0 saturated carbocycles. The van der Waals surface area contributed by atoms with Gasteiger partial charge in [-0.25, -0.2) is 4.79 Å². The molecule has 0 unspecified atom stereocenters. The van der Waals surface area contributed by atoms with E-state index in [0.29, 0.717) is 11.4 Å². The van der Waals surface area contributed by atoms with Crippen molar-refractivity contribution in [3.05, 3.63) is 59.7 Å². The van der Waals surface area contributed by atoms with E-state index in [-0.39, 0.29) is 6.54 Å². The van der Waals surface area contributed by atoms with E-state index >= 15 is 0 Å². The van der Waals surface area contributed by atoms with Crippen molar-refractivity contribution in [3.8, 4) is 5.75 Å². The molecule has 0 saturated heterocycles. The number of halogens is 3. The minimum absolute atomic E-state index is 0.354. The Morgan fingerprint density at radius 2 is 1.77 bits per heavy atom. The molecule has 0 spiro atoms. The molecule has 2 aromatic rings. The third-order valence-corrected chi connectivity index (χ3v) is 3.94. The summed E-state index contributed by atoms with van der Waals surface area (Å²) in [5.41, 5.74) is -1.40. The molecule has 10 heteroatoms. The van der Waals surface area contributed by atoms with E-state index in [1.54, 1.807) is 24.3 Å². The summed E-state index contributed by atoms with van der Waals surface area (Å²) in [7, 11) is 2.77. The van der Waals surface area contributed by atoms with Crippen molar-refractivity contribution in [3.63, 3.8) is 0 Å². The summed E-state index contributed by atoms with van der Waals surface area (Å²) in [5.74, 6) is -2.03. The molecule has 0 aliphatic heterocycles. The summed E-state index contributed by atoms with van der Waals surface area (Å²) < 4.78 is 48.7. The monoisotopic (exact) mass is 424 g/mol. The zero-order valence-corrected chi connectivity index (χ0v) is 16.2. The predicted octanol–water partition coefficient (Wildman–Crippen LogP) is 2.97. The van der Waals surface area contributed by atoms with Crippen molar-refractivity contribution in [2.24, 2.45) is 0 Å². The Bertz CT molecular complexity index is 931. The number of anilines is 1. The van der Waals surface area contributed by atoms with E-state index in [2.05, 4.69) is 5.32 Å². The van der Waals surface area contributed by atoms with Crippen molar-refractivity contribution >= 4 is 23.5 Å². The van der Waals surface area contributed by atoms with Crippen molar-refractivity contribution in [2.45, 2.75) is 6.18 Å². The van der Waals surface area contributed by atoms with Crippen molar-refractivity contribution in [2.75, 3.05) is 32.6 Å². The number of amides is 2. The van der Waals surface area contributed by atoms with Crippen LogP contribution < -0.4 is 10.1 Å². The number of rotatable bonds is 7. The van der Waals surface area contributed by atoms with Crippen LogP contribution >= 0.6 is 0 Å². The fourth-order valence-electron chi connectivity index (χ4n) is 2.43. The van der Waals surface area contributed by atoms with Gasteiger partial charge in [-0.2, -0.15) is 13.2 Å². The first-order valence-electron chi connectivity index (χ1n) is 8.63. The molecule has 0 atom stereocenters. The number of nitrogens with zero attached hydrogens (tertiary/aromatic N) is 1. The van der Waals surface area contributed by atoms with E-state index in [0.717, 1.165) is 23.1 Å². The second-order valence-corrected chi connectivity index (χ2v) is 6.15. The van der Waals surface area contributed by atoms with Crippen molar-refractivity contribution in [1.82, 2.24) is 4.90 Å². The Hall–Kier alpha value is -3.56. The van der Waals surface area contributed by atoms with Crippen LogP contribution in [0.15, 0.2) is 48.5 Å². The number of benzene rings is 2. The second kappa shape index (κ2) is 9.77. The lowest BCUT2D eigenvalue weighted by atomic mass is 10.1. The molecule has 160 valence electrons. The van der Waals surface area contributed by atoms with Gasteiger partial charge in [-0.15, -0.1) is 0 Å². The Kier molecular flexibility index (Phi) is 7.40. The third kappa shape index (κ3) is 6.23. The maximum Gasteiger partial charge on any atom is 0.417 e. The number of ether oxygens (including phenoxy) is 2. The van der Waals surface area contributed by atoms with Gasteiger partial charge in [0.1, 0.15) is 5.75 Å². The first-order valence-corrected chi connectivity index (χ1v) is 8.63. The van der Waals surface area contributed by atoms with Crippen molar-refractivity contribution < 1.29 is 37.0 Å². The maximum absolute atomic E-state index is 13.0. The van der Waals surface area contributed by atoms with Crippen LogP contribution in [0, 0.1) is 0 Å². The minimum atomic E-state index is -4.74. The van der Waals surface area contributed by atoms with E-state index in [1.807, 2.05) is 0 Å². The van der Waals surface area contributed by atoms with E-state index in [1.165, 1.54) is 20.2 Å². The Morgan fingerprint density at radius 1 is 1.07 bits per heavy atom. The molecule has 0 bridgehead atoms. The van der Waals surface area contributed by atoms with Gasteiger partial charge in [0, 0.05) is 18.8 Å². The topological polar surface area (TPSA) is 84.9 Å². The third-order valence-electron chi connectivity index (χ3n) is 3.94. The van der Waals surface area contributed by atoms with Crippen LogP contribution in [-0.4, -0.2) is 50.0 Å². The maximum atomic E-state index is 13.0. The number of esters is 1. The number of methoxy groups -OCH3 is 1. The largest absolute Gasteiger partial charge is 0.497 e. The van der Waals surface area contributed by atoms with Gasteiger partial charge < -0.3 is 19.7 Å². The van der Waals surface area contributed by atoms with Crippen LogP contribution in [0.3, 0.4) is 0 Å². The van der Waals surface area contributed by atoms with Crippen LogP contribution in [0.1, 0.15) is 15.9 Å². The van der Waals surface area contributed by atoms with Gasteiger partial charge in [0.2, 0.25) is 5.91 Å². The first kappa shape index (κ1) is 22.7. The Balaban J connectivity index is 1.90. The predicted molar refractivity (Wildman–Crippen MR) is 101 cm³/mol. The van der Waals surface area contributed by atoms with Crippen LogP contribution in [0.2, 0.25) is 0 Å². The van der Waals surface area contributed by atoms with Crippen LogP contribution in [0.5, 0.6) is 5.75 Å². The summed E-state index contributed by atoms with van der Waals surface area (Å²) in [6, 6.07) is 10.7. The molecule has 0 radical (unpaired) electrons. The smallest absolute Gasteiger partial charge is 0.417 e. The molecule has 2 rings (SSSR count). The van der Waals surface area contributed by atoms with Gasteiger partial charge >= 0.3 is 12.1 Å². The molecule has 0 aromatic heterocycles. The Labute approximate surface area is 170 Å². The van der Waals surface area contributed by atoms with Crippen molar-refractivity contribution in [1.29, 1.82) is 0 Å². The van der Waals surface area contributed by atoms with Gasteiger partial charge in [0.15, 0.2) is 6.61 Å². The normalized spacial score (nSPS) is 10.8. The second-order valence-electron chi connectivity index (χ2n) is 6.15. The summed E-state index contributed by atoms with van der Waals surface area (Å²) in [4.78, 5) is 37.1. The summed E-state index contributed by atoms with van der Waals surface area (Å²) in [6.07, 6.45) is -4.74. The fraction of sp³-hybridized carbons (Fsp3) is 0.250. The van der Waals surface area contributed by atoms with Gasteiger partial charge in [-0.05, 0) is 24.3 Å². The van der Waals surface area contributed by atoms with Crippen LogP contribution in [0.4, 0.5) is 18.9 Å². The highest BCUT2D eigenvalue weighted by molar-refractivity contribution is 5.96. The van der Waals surface area contributed by atoms with Crippen LogP contribution in [-0.2, 0) is 20.5 Å². The Morgan fingerprint density at radius 3 is 2.43 bits per heavy atom. The number of hydrogen-bond acceptors (Lipinski definition) is 5. The molecule has 0 aliphatic rings. The number of carbonyl (C=O) groups is 3. The van der Waals surface area contributed by atoms with Gasteiger partial charge in [0.25, 0.3) is 5.91 Å². The molecular weight excluding hydrogens is 405 g/mol. The SMILES string of the molecule is COc1cccc(NC(=O)CN(C)C(=O)COC(=O)c2ccccc2C(F)(F)F)c1. The lowest BCUT2D eigenvalue weighted by Gasteiger charge is -2.17. The average Bonchev–Trinajstić information content (AvgIpc) is 2.71. The minimum Gasteiger partial charge on any atom is -0.497 e. The van der Waals surface area contributed by atoms with Gasteiger partial charge in [0.05, 0.1) is 24.8 Å². The average molecular weight is 424 g/mol. The lowest BCUT2D eigenvalue weighted by molar-refractivity contribution is -0.138. The molecule has 30 heavy (non-hydrogen) atoms. The highest BCUT2D eigenvalue weighted by atomic mass is 19.4. The number of hydrogen-bond donors (Lipinski definition) is 1. The van der Waals surface area contributed by atoms with E-state index in [4.69, 9.17) is 9.47 Å². The molecule has 2 aromatic carbocycles. The fourth-order valence-corrected chi connectivity index (χ4v) is 2.43. The molecule has 0 aliphatic carbocycles. The zero-order chi connectivity index (χ0) is 22.3. The van der Waals surface area contributed by atoms with Gasteiger partial charge in [-0.1, -0.05) is 18.2 Å². The van der Waals surface area contributed by atoms with E-state index in [9.17, 15) is 27.6 Å². The molecule has 0 fully saturated rings. The zero-order valence-electron chi connectivity index (χ0n) is 16.2. The molecular formula is C20H19F3N2O5. The van der Waals surface area contributed by atoms with Gasteiger partial charge in [-0.3, -0.25) is 9.59 Å². The number of alkyl halides is 3. The first-order chi connectivity index (χ1) is 14.1. The highest BCUT2D eigenvalue weighted by Gasteiger charge is 2.35. The molecule has 2 amide bonds. The summed E-state index contributed by atoms with van der Waals surface area (Å²) in [5, 5.41) is 2.57. The molecule has 1 N–H and O–H groups in total. The molecule has 7 nitrogen and oxygen atoms in total. The number of carbonyl (C=O) groups excluding carboxylic acids is 3. The standard InChI is InChI=1S/C20H19F3N2O5/c1-25(11-17(26)24-13-6-5-7-14(10-13)29-2)18(27)12-30-19(28)15-8-3-4-9-16(15)20(21,22)23/h3-10H,11-12H2,1-2H3,(H,24,26). The summed E-state index contributed by atoms with van der Waals surface area (Å²) >= 11 is 0. The summed E-state index contributed by atoms with van der Waals surface area (Å²) in [6.45, 7) is -1.17. The van der Waals surface area contributed by atoms with E-state index < -0.39 is 41.7 Å². The number of likely N-dealkylation sites (N-methyl/N-ethyl adjacent to an activating group) is 1. The lowest BCUT2D eigenvalue weighted by Crippen LogP contribution is -2.37. The van der Waals surface area contributed by atoms with Crippen LogP contribution in [0.25, 0.3) is 0 Å². The molecule has 0 heterocycles. The quantitative estimate of drug-likeness (QED) is 0.691.